The highest BCUT2D eigenvalue weighted by Crippen LogP contribution is 2.43. The fourth-order valence-electron chi connectivity index (χ4n) is 2.79. The van der Waals surface area contributed by atoms with Crippen LogP contribution in [0.4, 0.5) is 13.2 Å². The van der Waals surface area contributed by atoms with Gasteiger partial charge in [0.1, 0.15) is 5.75 Å². The number of halogens is 3. The summed E-state index contributed by atoms with van der Waals surface area (Å²) in [4.78, 5) is 0. The van der Waals surface area contributed by atoms with Crippen molar-refractivity contribution in [3.8, 4) is 22.6 Å². The molecule has 0 N–H and O–H groups in total. The van der Waals surface area contributed by atoms with Crippen LogP contribution in [0.3, 0.4) is 0 Å². The van der Waals surface area contributed by atoms with Gasteiger partial charge in [-0.15, -0.1) is 0 Å². The summed E-state index contributed by atoms with van der Waals surface area (Å²) in [5.74, 6) is -0.0149. The maximum Gasteiger partial charge on any atom is 0.534 e. The van der Waals surface area contributed by atoms with Gasteiger partial charge in [-0.2, -0.15) is 21.6 Å². The Morgan fingerprint density at radius 3 is 2.18 bits per heavy atom. The quantitative estimate of drug-likeness (QED) is 0.410. The van der Waals surface area contributed by atoms with E-state index >= 15 is 0 Å². The summed E-state index contributed by atoms with van der Waals surface area (Å²) in [6.45, 7) is 3.63. The largest absolute Gasteiger partial charge is 0.534 e. The third-order valence-electron chi connectivity index (χ3n) is 3.89. The van der Waals surface area contributed by atoms with Crippen molar-refractivity contribution in [1.29, 1.82) is 0 Å². The van der Waals surface area contributed by atoms with E-state index < -0.39 is 21.4 Å². The number of fused-ring (bicyclic) bond motifs is 1. The van der Waals surface area contributed by atoms with E-state index in [4.69, 9.17) is 4.74 Å². The number of hydrogen-bond donors (Lipinski definition) is 0. The topological polar surface area (TPSA) is 52.6 Å². The van der Waals surface area contributed by atoms with Gasteiger partial charge in [-0.3, -0.25) is 0 Å². The number of benzene rings is 3. The average Bonchev–Trinajstić information content (AvgIpc) is 2.61. The predicted octanol–water partition coefficient (Wildman–Crippen LogP) is 5.52. The van der Waals surface area contributed by atoms with Crippen LogP contribution in [0.25, 0.3) is 21.9 Å². The first-order valence-electron chi connectivity index (χ1n) is 8.39. The van der Waals surface area contributed by atoms with E-state index in [9.17, 15) is 21.6 Å². The highest BCUT2D eigenvalue weighted by molar-refractivity contribution is 7.88. The molecular weight excluding hydrogens is 393 g/mol. The molecule has 0 bridgehead atoms. The lowest BCUT2D eigenvalue weighted by Gasteiger charge is -2.19. The Morgan fingerprint density at radius 2 is 1.50 bits per heavy atom. The number of ether oxygens (including phenoxy) is 1. The van der Waals surface area contributed by atoms with Gasteiger partial charge in [-0.25, -0.2) is 0 Å². The fraction of sp³-hybridized carbons (Fsp3) is 0.200. The first kappa shape index (κ1) is 20.0. The molecular formula is C20H17F3O4S. The van der Waals surface area contributed by atoms with E-state index in [2.05, 4.69) is 4.18 Å². The van der Waals surface area contributed by atoms with E-state index in [1.165, 1.54) is 18.2 Å². The van der Waals surface area contributed by atoms with E-state index in [-0.39, 0.29) is 11.7 Å². The van der Waals surface area contributed by atoms with Gasteiger partial charge in [0.05, 0.1) is 6.10 Å². The molecule has 0 radical (unpaired) electrons. The van der Waals surface area contributed by atoms with Crippen molar-refractivity contribution in [1.82, 2.24) is 0 Å². The highest BCUT2D eigenvalue weighted by atomic mass is 32.2. The smallest absolute Gasteiger partial charge is 0.490 e. The van der Waals surface area contributed by atoms with E-state index in [1.54, 1.807) is 24.3 Å². The second-order valence-corrected chi connectivity index (χ2v) is 7.84. The van der Waals surface area contributed by atoms with E-state index in [1.807, 2.05) is 32.0 Å². The number of alkyl halides is 3. The first-order chi connectivity index (χ1) is 13.1. The van der Waals surface area contributed by atoms with Crippen LogP contribution >= 0.6 is 0 Å². The molecule has 0 saturated heterocycles. The Hall–Kier alpha value is -2.74. The van der Waals surface area contributed by atoms with Crippen LogP contribution < -0.4 is 8.92 Å². The first-order valence-corrected chi connectivity index (χ1v) is 9.79. The van der Waals surface area contributed by atoms with Crippen molar-refractivity contribution < 1.29 is 30.5 Å². The van der Waals surface area contributed by atoms with Crippen LogP contribution in [-0.2, 0) is 10.1 Å². The second kappa shape index (κ2) is 7.35. The normalized spacial score (nSPS) is 12.4. The molecule has 0 spiro atoms. The molecule has 28 heavy (non-hydrogen) atoms. The van der Waals surface area contributed by atoms with Crippen LogP contribution in [0.15, 0.2) is 60.7 Å². The van der Waals surface area contributed by atoms with Gasteiger partial charge < -0.3 is 8.92 Å². The number of rotatable bonds is 5. The molecule has 0 aromatic heterocycles. The van der Waals surface area contributed by atoms with Gasteiger partial charge in [0.15, 0.2) is 5.75 Å². The van der Waals surface area contributed by atoms with Crippen molar-refractivity contribution in [2.24, 2.45) is 0 Å². The lowest BCUT2D eigenvalue weighted by Crippen LogP contribution is -2.28. The zero-order chi connectivity index (χ0) is 20.5. The molecule has 0 aliphatic carbocycles. The molecule has 0 aliphatic rings. The Morgan fingerprint density at radius 1 is 0.857 bits per heavy atom. The SMILES string of the molecule is CC(C)Oc1ccc2ccccc2c1-c1ccccc1OS(=O)(=O)C(F)(F)F. The van der Waals surface area contributed by atoms with Gasteiger partial charge in [0.2, 0.25) is 0 Å². The molecule has 0 atom stereocenters. The summed E-state index contributed by atoms with van der Waals surface area (Å²) in [7, 11) is -5.81. The average molecular weight is 410 g/mol. The van der Waals surface area contributed by atoms with Gasteiger partial charge in [0.25, 0.3) is 0 Å². The third kappa shape index (κ3) is 3.91. The van der Waals surface area contributed by atoms with Crippen LogP contribution in [0.5, 0.6) is 11.5 Å². The molecule has 4 nitrogen and oxygen atoms in total. The van der Waals surface area contributed by atoms with E-state index in [0.717, 1.165) is 5.39 Å². The molecule has 0 saturated carbocycles. The van der Waals surface area contributed by atoms with Gasteiger partial charge in [-0.1, -0.05) is 48.5 Å². The predicted molar refractivity (Wildman–Crippen MR) is 101 cm³/mol. The van der Waals surface area contributed by atoms with Gasteiger partial charge in [-0.05, 0) is 36.8 Å². The monoisotopic (exact) mass is 410 g/mol. The molecule has 3 aromatic rings. The standard InChI is InChI=1S/C20H17F3O4S/c1-13(2)26-18-12-11-14-7-3-4-8-15(14)19(18)16-9-5-6-10-17(16)27-28(24,25)20(21,22)23/h3-13H,1-2H3. The zero-order valence-electron chi connectivity index (χ0n) is 15.0. The summed E-state index contributed by atoms with van der Waals surface area (Å²) in [6.07, 6.45) is -0.202. The van der Waals surface area contributed by atoms with E-state index in [0.29, 0.717) is 16.7 Å². The Bertz CT molecular complexity index is 1110. The minimum absolute atomic E-state index is 0.183. The summed E-state index contributed by atoms with van der Waals surface area (Å²) in [5, 5.41) is 1.52. The van der Waals surface area contributed by atoms with Crippen molar-refractivity contribution in [2.75, 3.05) is 0 Å². The Kier molecular flexibility index (Phi) is 5.25. The summed E-state index contributed by atoms with van der Waals surface area (Å²) < 4.78 is 71.9. The minimum atomic E-state index is -5.81. The molecule has 0 fully saturated rings. The molecule has 0 amide bonds. The lowest BCUT2D eigenvalue weighted by atomic mass is 9.96. The molecule has 8 heteroatoms. The number of hydrogen-bond acceptors (Lipinski definition) is 4. The van der Waals surface area contributed by atoms with Gasteiger partial charge in [0, 0.05) is 11.1 Å². The molecule has 3 aromatic carbocycles. The highest BCUT2D eigenvalue weighted by Gasteiger charge is 2.48. The summed E-state index contributed by atoms with van der Waals surface area (Å²) in [6, 6.07) is 16.4. The van der Waals surface area contributed by atoms with Crippen LogP contribution in [0.1, 0.15) is 13.8 Å². The Balaban J connectivity index is 2.26. The molecule has 148 valence electrons. The van der Waals surface area contributed by atoms with Crippen molar-refractivity contribution >= 4 is 20.9 Å². The van der Waals surface area contributed by atoms with Crippen LogP contribution in [-0.4, -0.2) is 20.0 Å². The van der Waals surface area contributed by atoms with Crippen molar-refractivity contribution in [2.45, 2.75) is 25.5 Å². The Labute approximate surface area is 160 Å². The number of para-hydroxylation sites is 1. The zero-order valence-corrected chi connectivity index (χ0v) is 15.8. The lowest BCUT2D eigenvalue weighted by molar-refractivity contribution is -0.0499. The maximum absolute atomic E-state index is 12.8. The van der Waals surface area contributed by atoms with Gasteiger partial charge >= 0.3 is 15.6 Å². The third-order valence-corrected chi connectivity index (χ3v) is 4.86. The molecule has 3 rings (SSSR count). The van der Waals surface area contributed by atoms with Crippen LogP contribution in [0.2, 0.25) is 0 Å². The molecule has 0 unspecified atom stereocenters. The summed E-state index contributed by atoms with van der Waals surface area (Å²) in [5.41, 5.74) is -4.89. The summed E-state index contributed by atoms with van der Waals surface area (Å²) >= 11 is 0. The van der Waals surface area contributed by atoms with Crippen LogP contribution in [0, 0.1) is 0 Å². The molecule has 0 aliphatic heterocycles. The minimum Gasteiger partial charge on any atom is -0.490 e. The van der Waals surface area contributed by atoms with Crippen molar-refractivity contribution in [3.05, 3.63) is 60.7 Å². The fourth-order valence-corrected chi connectivity index (χ4v) is 3.27. The second-order valence-electron chi connectivity index (χ2n) is 6.31. The van der Waals surface area contributed by atoms with Crippen molar-refractivity contribution in [3.63, 3.8) is 0 Å². The maximum atomic E-state index is 12.8. The molecule has 0 heterocycles.